The highest BCUT2D eigenvalue weighted by Crippen LogP contribution is 2.22. The first kappa shape index (κ1) is 18.6. The summed E-state index contributed by atoms with van der Waals surface area (Å²) in [6.45, 7) is 8.80. The molecule has 1 atom stereocenters. The lowest BCUT2D eigenvalue weighted by atomic mass is 10.2. The van der Waals surface area contributed by atoms with Crippen LogP contribution in [0.15, 0.2) is 38.0 Å². The van der Waals surface area contributed by atoms with Gasteiger partial charge in [-0.3, -0.25) is 0 Å². The van der Waals surface area contributed by atoms with Gasteiger partial charge in [-0.25, -0.2) is 14.4 Å². The first-order valence-corrected chi connectivity index (χ1v) is 5.70. The maximum Gasteiger partial charge on any atom is 0.413 e. The van der Waals surface area contributed by atoms with Gasteiger partial charge in [-0.15, -0.1) is 0 Å². The molecule has 0 spiro atoms. The fraction of sp³-hybridized carbons (Fsp3) is 0.308. The number of carbonyl (C=O) groups is 3. The first-order chi connectivity index (χ1) is 9.82. The van der Waals surface area contributed by atoms with Crippen molar-refractivity contribution in [3.05, 3.63) is 38.0 Å². The van der Waals surface area contributed by atoms with Gasteiger partial charge >= 0.3 is 23.9 Å². The highest BCUT2D eigenvalue weighted by molar-refractivity contribution is 5.84. The average molecular weight is 300 g/mol. The number of ether oxygens (including phenoxy) is 3. The lowest BCUT2D eigenvalue weighted by Crippen LogP contribution is -2.52. The summed E-state index contributed by atoms with van der Waals surface area (Å²) in [6, 6.07) is 0. The van der Waals surface area contributed by atoms with E-state index in [1.165, 1.54) is 0 Å². The van der Waals surface area contributed by atoms with E-state index in [9.17, 15) is 19.5 Å². The predicted molar refractivity (Wildman–Crippen MR) is 69.3 cm³/mol. The van der Waals surface area contributed by atoms with Crippen molar-refractivity contribution in [1.82, 2.24) is 0 Å². The number of esters is 3. The fourth-order valence-corrected chi connectivity index (χ4v) is 1.15. The Hall–Kier alpha value is -2.45. The molecule has 1 unspecified atom stereocenters. The molecule has 2 N–H and O–H groups in total. The molecule has 21 heavy (non-hydrogen) atoms. The number of aliphatic hydroxyl groups excluding tert-OH is 1. The van der Waals surface area contributed by atoms with Crippen LogP contribution >= 0.6 is 0 Å². The van der Waals surface area contributed by atoms with Crippen molar-refractivity contribution in [3.63, 3.8) is 0 Å². The van der Waals surface area contributed by atoms with Crippen LogP contribution in [-0.2, 0) is 28.6 Å². The van der Waals surface area contributed by atoms with E-state index in [4.69, 9.17) is 9.84 Å². The number of aliphatic hydroxyl groups is 2. The fourth-order valence-electron chi connectivity index (χ4n) is 1.15. The molecule has 116 valence electrons. The number of hydrogen-bond donors (Lipinski definition) is 2. The minimum absolute atomic E-state index is 0.384. The zero-order valence-electron chi connectivity index (χ0n) is 11.2. The van der Waals surface area contributed by atoms with Gasteiger partial charge in [-0.2, -0.15) is 0 Å². The van der Waals surface area contributed by atoms with E-state index in [-0.39, 0.29) is 6.42 Å². The summed E-state index contributed by atoms with van der Waals surface area (Å²) in [5, 5.41) is 19.1. The van der Waals surface area contributed by atoms with Crippen molar-refractivity contribution in [2.75, 3.05) is 6.61 Å². The molecular formula is C13H16O8. The molecule has 0 bridgehead atoms. The zero-order chi connectivity index (χ0) is 16.5. The van der Waals surface area contributed by atoms with Crippen LogP contribution in [0, 0.1) is 0 Å². The standard InChI is InChI=1S/C13H16O8/c1-4-10(15)19-9(7-8-14)13(18,20-11(16)5-2)21-12(17)6-3/h4-6,9,14,18H,1-3,7-8H2. The zero-order valence-corrected chi connectivity index (χ0v) is 11.2. The Morgan fingerprint density at radius 3 is 1.76 bits per heavy atom. The van der Waals surface area contributed by atoms with Gasteiger partial charge in [0.2, 0.25) is 6.10 Å². The third-order valence-corrected chi connectivity index (χ3v) is 2.05. The van der Waals surface area contributed by atoms with Crippen LogP contribution in [0.4, 0.5) is 0 Å². The lowest BCUT2D eigenvalue weighted by Gasteiger charge is -2.32. The third kappa shape index (κ3) is 6.02. The lowest BCUT2D eigenvalue weighted by molar-refractivity contribution is -0.359. The van der Waals surface area contributed by atoms with Gasteiger partial charge in [-0.05, 0) is 0 Å². The number of hydrogen-bond acceptors (Lipinski definition) is 8. The van der Waals surface area contributed by atoms with E-state index in [2.05, 4.69) is 29.2 Å². The minimum Gasteiger partial charge on any atom is -0.448 e. The second-order valence-electron chi connectivity index (χ2n) is 3.52. The van der Waals surface area contributed by atoms with Crippen molar-refractivity contribution in [3.8, 4) is 0 Å². The van der Waals surface area contributed by atoms with Gasteiger partial charge in [-0.1, -0.05) is 19.7 Å². The third-order valence-electron chi connectivity index (χ3n) is 2.05. The molecule has 0 aliphatic heterocycles. The molecule has 0 radical (unpaired) electrons. The predicted octanol–water partition coefficient (Wildman–Crippen LogP) is -0.429. The van der Waals surface area contributed by atoms with Crippen LogP contribution in [0.5, 0.6) is 0 Å². The topological polar surface area (TPSA) is 119 Å². The summed E-state index contributed by atoms with van der Waals surface area (Å²) in [6.07, 6.45) is 0.0944. The molecule has 0 saturated carbocycles. The van der Waals surface area contributed by atoms with E-state index in [1.54, 1.807) is 0 Å². The van der Waals surface area contributed by atoms with Crippen molar-refractivity contribution < 1.29 is 38.8 Å². The van der Waals surface area contributed by atoms with Crippen molar-refractivity contribution in [2.24, 2.45) is 0 Å². The second-order valence-corrected chi connectivity index (χ2v) is 3.52. The quantitative estimate of drug-likeness (QED) is 0.334. The molecule has 8 heteroatoms. The normalized spacial score (nSPS) is 11.7. The van der Waals surface area contributed by atoms with Gasteiger partial charge in [0, 0.05) is 31.3 Å². The highest BCUT2D eigenvalue weighted by atomic mass is 16.9. The molecular weight excluding hydrogens is 284 g/mol. The first-order valence-electron chi connectivity index (χ1n) is 5.70. The van der Waals surface area contributed by atoms with Crippen LogP contribution in [0.1, 0.15) is 6.42 Å². The number of rotatable bonds is 9. The van der Waals surface area contributed by atoms with Crippen LogP contribution in [0.2, 0.25) is 0 Å². The summed E-state index contributed by atoms with van der Waals surface area (Å²) >= 11 is 0. The molecule has 0 aromatic carbocycles. The van der Waals surface area contributed by atoms with Crippen LogP contribution < -0.4 is 0 Å². The molecule has 0 aromatic heterocycles. The molecule has 0 saturated heterocycles. The maximum atomic E-state index is 11.2. The number of carbonyl (C=O) groups excluding carboxylic acids is 3. The van der Waals surface area contributed by atoms with Crippen LogP contribution in [0.25, 0.3) is 0 Å². The summed E-state index contributed by atoms with van der Waals surface area (Å²) in [5.41, 5.74) is 0. The Labute approximate surface area is 120 Å². The highest BCUT2D eigenvalue weighted by Gasteiger charge is 2.47. The molecule has 0 fully saturated rings. The Morgan fingerprint density at radius 1 is 1.00 bits per heavy atom. The van der Waals surface area contributed by atoms with Crippen molar-refractivity contribution in [2.45, 2.75) is 18.5 Å². The van der Waals surface area contributed by atoms with Gasteiger partial charge in [0.15, 0.2) is 0 Å². The SMILES string of the molecule is C=CC(=O)OC(CCO)C(O)(OC(=O)C=C)OC(=O)C=C. The van der Waals surface area contributed by atoms with E-state index >= 15 is 0 Å². The van der Waals surface area contributed by atoms with Gasteiger partial charge in [0.25, 0.3) is 0 Å². The van der Waals surface area contributed by atoms with Crippen molar-refractivity contribution >= 4 is 17.9 Å². The Kier molecular flexibility index (Phi) is 7.66. The second kappa shape index (κ2) is 8.67. The van der Waals surface area contributed by atoms with E-state index in [0.717, 1.165) is 6.08 Å². The summed E-state index contributed by atoms with van der Waals surface area (Å²) in [7, 11) is 0. The summed E-state index contributed by atoms with van der Waals surface area (Å²) in [4.78, 5) is 33.6. The van der Waals surface area contributed by atoms with Gasteiger partial charge < -0.3 is 24.4 Å². The molecule has 0 amide bonds. The minimum atomic E-state index is -2.95. The monoisotopic (exact) mass is 300 g/mol. The van der Waals surface area contributed by atoms with Crippen LogP contribution in [-0.4, -0.2) is 46.8 Å². The molecule has 0 aliphatic rings. The molecule has 0 aromatic rings. The molecule has 0 rings (SSSR count). The van der Waals surface area contributed by atoms with E-state index in [0.29, 0.717) is 12.2 Å². The molecule has 8 nitrogen and oxygen atoms in total. The summed E-state index contributed by atoms with van der Waals surface area (Å²) < 4.78 is 13.7. The molecule has 0 heterocycles. The average Bonchev–Trinajstić information content (AvgIpc) is 2.45. The van der Waals surface area contributed by atoms with Gasteiger partial charge in [0.1, 0.15) is 0 Å². The largest absolute Gasteiger partial charge is 0.448 e. The maximum absolute atomic E-state index is 11.2. The van der Waals surface area contributed by atoms with Crippen LogP contribution in [0.3, 0.4) is 0 Å². The Bertz CT molecular complexity index is 417. The van der Waals surface area contributed by atoms with E-state index < -0.39 is 36.6 Å². The van der Waals surface area contributed by atoms with E-state index in [1.807, 2.05) is 0 Å². The Balaban J connectivity index is 5.43. The smallest absolute Gasteiger partial charge is 0.413 e. The Morgan fingerprint density at radius 2 is 1.43 bits per heavy atom. The van der Waals surface area contributed by atoms with Crippen molar-refractivity contribution in [1.29, 1.82) is 0 Å². The van der Waals surface area contributed by atoms with Gasteiger partial charge in [0.05, 0.1) is 0 Å². The molecule has 0 aliphatic carbocycles. The summed E-state index contributed by atoms with van der Waals surface area (Å²) in [5.74, 6) is -6.23.